The summed E-state index contributed by atoms with van der Waals surface area (Å²) in [5, 5.41) is 6.04. The number of piperazine rings is 1. The molecule has 1 unspecified atom stereocenters. The summed E-state index contributed by atoms with van der Waals surface area (Å²) in [6.07, 6.45) is 0.758. The molecule has 0 aliphatic carbocycles. The predicted molar refractivity (Wildman–Crippen MR) is 173 cm³/mol. The second-order valence-corrected chi connectivity index (χ2v) is 12.3. The number of hydrogen-bond acceptors (Lipinski definition) is 9. The van der Waals surface area contributed by atoms with Crippen molar-refractivity contribution in [1.29, 1.82) is 0 Å². The second-order valence-electron chi connectivity index (χ2n) is 11.2. The number of nitrogens with zero attached hydrogens (tertiary/aromatic N) is 4. The Hall–Kier alpha value is -2.88. The minimum Gasteiger partial charge on any atom is -1.00 e. The molecule has 256 valence electrons. The zero-order chi connectivity index (χ0) is 34.4. The van der Waals surface area contributed by atoms with Gasteiger partial charge in [-0.15, -0.1) is 6.58 Å². The average Bonchev–Trinajstić information content (AvgIpc) is 3.06. The van der Waals surface area contributed by atoms with Gasteiger partial charge in [-0.05, 0) is 29.3 Å². The van der Waals surface area contributed by atoms with E-state index in [4.69, 9.17) is 14.4 Å². The maximum atomic E-state index is 14.3. The molecule has 14 nitrogen and oxygen atoms in total. The molecule has 3 atom stereocenters. The van der Waals surface area contributed by atoms with Crippen LogP contribution in [0.1, 0.15) is 18.1 Å². The first kappa shape index (κ1) is 41.5. The van der Waals surface area contributed by atoms with Crippen LogP contribution in [-0.2, 0) is 33.7 Å². The quantitative estimate of drug-likeness (QED) is 0.108. The summed E-state index contributed by atoms with van der Waals surface area (Å²) in [6.45, 7) is 4.17. The standard InChI is InChI=1S/C33H38N5O9P.2Na.H/c1-4-17-36-22-30(39)37-27(18-23-13-15-26(16-14-23)47-48(42,43)44)32(40)35(20-25-11-8-12-28(45-2)31(25)46-3)21-29(37)38(36)33(41)34-19-24-9-6-5-7-10-24;;;/h4-16,27,29H,1,17-22H2,2-3H3,(H,34,41)(H2,42,43,44);;;/q;2*+1;-1/p-1/t27-,29-;;;/m0.../s1. The molecule has 17 heteroatoms. The molecule has 3 aromatic carbocycles. The van der Waals surface area contributed by atoms with Gasteiger partial charge in [-0.25, -0.2) is 14.8 Å². The van der Waals surface area contributed by atoms with Gasteiger partial charge in [0.15, 0.2) is 11.5 Å². The van der Waals surface area contributed by atoms with Gasteiger partial charge in [0.05, 0.1) is 27.3 Å². The first-order valence-corrected chi connectivity index (χ1v) is 16.6. The SMILES string of the molecule is C=CCN1CC(=O)N2[C@@H](Cc3ccc(OP(=O)([O-])O)cc3)C(=O)N(Cc3cccc(OC)c3OC)C[C@@H]2N1C(=O)NCc1ccccc1.[H-].[Na+].[Na+]. The number of methoxy groups -OCH3 is 2. The van der Waals surface area contributed by atoms with Crippen LogP contribution in [0.4, 0.5) is 4.79 Å². The molecule has 2 aliphatic heterocycles. The third-order valence-corrected chi connectivity index (χ3v) is 8.52. The number of hydrazine groups is 1. The van der Waals surface area contributed by atoms with Gasteiger partial charge in [0.25, 0.3) is 0 Å². The Balaban J connectivity index is 0.00000300. The summed E-state index contributed by atoms with van der Waals surface area (Å²) in [6, 6.07) is 19.0. The Labute approximate surface area is 336 Å². The zero-order valence-corrected chi connectivity index (χ0v) is 33.5. The van der Waals surface area contributed by atoms with Crippen LogP contribution in [0.3, 0.4) is 0 Å². The maximum Gasteiger partial charge on any atom is 1.00 e. The molecule has 3 aromatic rings. The zero-order valence-electron chi connectivity index (χ0n) is 29.6. The molecule has 2 aliphatic rings. The number of urea groups is 1. The molecule has 2 saturated heterocycles. The third-order valence-electron chi connectivity index (χ3n) is 8.08. The van der Waals surface area contributed by atoms with Gasteiger partial charge in [-0.3, -0.25) is 14.2 Å². The number of carbonyl (C=O) groups excluding carboxylic acids is 3. The number of carbonyl (C=O) groups is 3. The van der Waals surface area contributed by atoms with Gasteiger partial charge in [0.2, 0.25) is 11.8 Å². The van der Waals surface area contributed by atoms with Gasteiger partial charge in [-0.2, -0.15) is 0 Å². The molecule has 4 amide bonds. The number of fused-ring (bicyclic) bond motifs is 1. The van der Waals surface area contributed by atoms with Gasteiger partial charge in [-0.1, -0.05) is 60.7 Å². The maximum absolute atomic E-state index is 14.3. The van der Waals surface area contributed by atoms with Crippen LogP contribution in [0.2, 0.25) is 0 Å². The van der Waals surface area contributed by atoms with E-state index in [2.05, 4.69) is 16.4 Å². The van der Waals surface area contributed by atoms with E-state index in [-0.39, 0.29) is 117 Å². The summed E-state index contributed by atoms with van der Waals surface area (Å²) in [5.74, 6) is 0.115. The Morgan fingerprint density at radius 2 is 1.74 bits per heavy atom. The van der Waals surface area contributed by atoms with Crippen LogP contribution in [-0.4, -0.2) is 88.6 Å². The summed E-state index contributed by atoms with van der Waals surface area (Å²) < 4.78 is 26.8. The molecule has 0 bridgehead atoms. The predicted octanol–water partition coefficient (Wildman–Crippen LogP) is -3.60. The number of phosphoric acid groups is 1. The topological polar surface area (TPSA) is 164 Å². The third kappa shape index (κ3) is 9.91. The fourth-order valence-corrected chi connectivity index (χ4v) is 6.41. The smallest absolute Gasteiger partial charge is 1.00 e. The molecule has 0 radical (unpaired) electrons. The first-order valence-electron chi connectivity index (χ1n) is 15.1. The summed E-state index contributed by atoms with van der Waals surface area (Å²) in [7, 11) is -2.00. The largest absolute Gasteiger partial charge is 1.00 e. The minimum atomic E-state index is -5.02. The number of benzene rings is 3. The van der Waals surface area contributed by atoms with E-state index in [1.165, 1.54) is 36.3 Å². The minimum absolute atomic E-state index is 0. The number of nitrogens with one attached hydrogen (secondary N) is 1. The van der Waals surface area contributed by atoms with Gasteiger partial charge >= 0.3 is 73.0 Å². The van der Waals surface area contributed by atoms with Crippen LogP contribution >= 0.6 is 7.82 Å². The van der Waals surface area contributed by atoms with Crippen molar-refractivity contribution >= 4 is 25.7 Å². The van der Waals surface area contributed by atoms with Gasteiger partial charge < -0.3 is 40.3 Å². The van der Waals surface area contributed by atoms with Crippen molar-refractivity contribution in [3.05, 3.63) is 102 Å². The van der Waals surface area contributed by atoms with Crippen LogP contribution in [0.5, 0.6) is 17.2 Å². The molecule has 0 saturated carbocycles. The average molecular weight is 726 g/mol. The van der Waals surface area contributed by atoms with E-state index in [9.17, 15) is 23.8 Å². The summed E-state index contributed by atoms with van der Waals surface area (Å²) in [5.41, 5.74) is 2.13. The van der Waals surface area contributed by atoms with Crippen LogP contribution in [0.15, 0.2) is 85.5 Å². The molecule has 2 heterocycles. The number of para-hydroxylation sites is 1. The van der Waals surface area contributed by atoms with E-state index in [0.717, 1.165) is 5.56 Å². The fourth-order valence-electron chi connectivity index (χ4n) is 6.02. The Morgan fingerprint density at radius 3 is 2.36 bits per heavy atom. The molecular weight excluding hydrogens is 687 g/mol. The van der Waals surface area contributed by atoms with E-state index < -0.39 is 26.1 Å². The van der Waals surface area contributed by atoms with Crippen molar-refractivity contribution in [2.24, 2.45) is 0 Å². The van der Waals surface area contributed by atoms with Crippen LogP contribution < -0.4 is 83.3 Å². The summed E-state index contributed by atoms with van der Waals surface area (Å²) >= 11 is 0. The van der Waals surface area contributed by atoms with E-state index >= 15 is 0 Å². The normalized spacial score (nSPS) is 18.5. The first-order chi connectivity index (χ1) is 23.0. The number of hydrogen-bond donors (Lipinski definition) is 2. The molecule has 0 spiro atoms. The molecular formula is C33H38N5Na2O9P. The Kier molecular flexibility index (Phi) is 15.4. The number of amides is 4. The van der Waals surface area contributed by atoms with Gasteiger partial charge in [0.1, 0.15) is 18.0 Å². The monoisotopic (exact) mass is 725 g/mol. The van der Waals surface area contributed by atoms with Crippen molar-refractivity contribution in [1.82, 2.24) is 25.1 Å². The Morgan fingerprint density at radius 1 is 1.04 bits per heavy atom. The van der Waals surface area contributed by atoms with Crippen LogP contribution in [0.25, 0.3) is 0 Å². The van der Waals surface area contributed by atoms with E-state index in [1.54, 1.807) is 40.3 Å². The number of ether oxygens (including phenoxy) is 2. The van der Waals surface area contributed by atoms with Crippen LogP contribution in [0, 0.1) is 0 Å². The van der Waals surface area contributed by atoms with E-state index in [1.807, 2.05) is 36.4 Å². The molecule has 2 N–H and O–H groups in total. The van der Waals surface area contributed by atoms with Gasteiger partial charge in [0, 0.05) is 31.6 Å². The molecule has 50 heavy (non-hydrogen) atoms. The van der Waals surface area contributed by atoms with Crippen molar-refractivity contribution in [2.75, 3.05) is 33.9 Å². The van der Waals surface area contributed by atoms with Crippen molar-refractivity contribution in [3.63, 3.8) is 0 Å². The molecule has 2 fully saturated rings. The summed E-state index contributed by atoms with van der Waals surface area (Å²) in [4.78, 5) is 65.4. The molecule has 5 rings (SSSR count). The number of rotatable bonds is 12. The Bertz CT molecular complexity index is 1700. The fraction of sp³-hybridized carbons (Fsp3) is 0.303. The van der Waals surface area contributed by atoms with Crippen molar-refractivity contribution < 1.29 is 103 Å². The van der Waals surface area contributed by atoms with E-state index in [0.29, 0.717) is 22.6 Å². The second kappa shape index (κ2) is 18.6. The molecule has 0 aromatic heterocycles. The number of phosphoric ester groups is 1. The van der Waals surface area contributed by atoms with Crippen molar-refractivity contribution in [2.45, 2.75) is 31.7 Å². The van der Waals surface area contributed by atoms with Crippen molar-refractivity contribution in [3.8, 4) is 17.2 Å².